The van der Waals surface area contributed by atoms with E-state index in [1.807, 2.05) is 49.4 Å². The van der Waals surface area contributed by atoms with Crippen LogP contribution in [0.15, 0.2) is 66.7 Å². The quantitative estimate of drug-likeness (QED) is 0.436. The van der Waals surface area contributed by atoms with Crippen LogP contribution in [0.1, 0.15) is 34.3 Å². The third kappa shape index (κ3) is 6.17. The maximum atomic E-state index is 12.8. The molecule has 3 N–H and O–H groups in total. The standard InChI is InChI=1S/C27H26N2O6/c1-17-3-2-4-18(13-17)15-28-27(33)22(10-12-25(30)31)29-26(32)20-7-5-19(6-8-20)21-9-11-23-24(14-21)35-16-34-23/h2-9,11,13-14,22H,10,12,15-16H2,1H3,(H,28,33)(H,29,32)(H,30,31)/t22-/m0/s1. The minimum absolute atomic E-state index is 0.0179. The van der Waals surface area contributed by atoms with Gasteiger partial charge in [-0.1, -0.05) is 48.0 Å². The highest BCUT2D eigenvalue weighted by atomic mass is 16.7. The summed E-state index contributed by atoms with van der Waals surface area (Å²) >= 11 is 0. The number of hydrogen-bond acceptors (Lipinski definition) is 5. The molecule has 1 heterocycles. The number of aryl methyl sites for hydroxylation is 1. The zero-order valence-electron chi connectivity index (χ0n) is 19.2. The van der Waals surface area contributed by atoms with Crippen LogP contribution in [0.4, 0.5) is 0 Å². The molecule has 2 amide bonds. The van der Waals surface area contributed by atoms with Gasteiger partial charge in [-0.15, -0.1) is 0 Å². The average molecular weight is 475 g/mol. The van der Waals surface area contributed by atoms with Crippen LogP contribution in [0.2, 0.25) is 0 Å². The van der Waals surface area contributed by atoms with Gasteiger partial charge in [0.2, 0.25) is 12.7 Å². The normalized spacial score (nSPS) is 12.6. The Hall–Kier alpha value is -4.33. The molecule has 0 unspecified atom stereocenters. The van der Waals surface area contributed by atoms with E-state index in [4.69, 9.17) is 14.6 Å². The second-order valence-electron chi connectivity index (χ2n) is 8.31. The Kier molecular flexibility index (Phi) is 7.30. The SMILES string of the molecule is Cc1cccc(CNC(=O)[C@H](CCC(=O)O)NC(=O)c2ccc(-c3ccc4c(c3)OCO4)cc2)c1. The van der Waals surface area contributed by atoms with Gasteiger partial charge in [-0.2, -0.15) is 0 Å². The van der Waals surface area contributed by atoms with Crippen LogP contribution in [0.5, 0.6) is 11.5 Å². The maximum absolute atomic E-state index is 12.8. The van der Waals surface area contributed by atoms with Crippen molar-refractivity contribution < 1.29 is 29.0 Å². The number of rotatable bonds is 9. The molecule has 0 bridgehead atoms. The van der Waals surface area contributed by atoms with Gasteiger partial charge >= 0.3 is 5.97 Å². The van der Waals surface area contributed by atoms with Gasteiger partial charge in [0.25, 0.3) is 5.91 Å². The van der Waals surface area contributed by atoms with Crippen molar-refractivity contribution in [2.75, 3.05) is 6.79 Å². The van der Waals surface area contributed by atoms with E-state index in [9.17, 15) is 14.4 Å². The van der Waals surface area contributed by atoms with Crippen molar-refractivity contribution >= 4 is 17.8 Å². The van der Waals surface area contributed by atoms with Crippen LogP contribution in [0, 0.1) is 6.92 Å². The van der Waals surface area contributed by atoms with Crippen molar-refractivity contribution in [2.24, 2.45) is 0 Å². The Morgan fingerprint density at radius 2 is 1.69 bits per heavy atom. The van der Waals surface area contributed by atoms with E-state index in [-0.39, 0.29) is 26.2 Å². The summed E-state index contributed by atoms with van der Waals surface area (Å²) in [4.78, 5) is 36.7. The van der Waals surface area contributed by atoms with Gasteiger partial charge in [-0.25, -0.2) is 0 Å². The van der Waals surface area contributed by atoms with Crippen LogP contribution < -0.4 is 20.1 Å². The number of hydrogen-bond donors (Lipinski definition) is 3. The fourth-order valence-electron chi connectivity index (χ4n) is 3.80. The number of nitrogens with one attached hydrogen (secondary N) is 2. The van der Waals surface area contributed by atoms with Crippen molar-refractivity contribution in [2.45, 2.75) is 32.4 Å². The number of ether oxygens (including phenoxy) is 2. The van der Waals surface area contributed by atoms with Gasteiger partial charge in [0, 0.05) is 18.5 Å². The molecule has 0 aromatic heterocycles. The van der Waals surface area contributed by atoms with E-state index in [1.54, 1.807) is 24.3 Å². The fraction of sp³-hybridized carbons (Fsp3) is 0.222. The summed E-state index contributed by atoms with van der Waals surface area (Å²) in [6.07, 6.45) is -0.262. The Morgan fingerprint density at radius 1 is 0.943 bits per heavy atom. The Balaban J connectivity index is 1.41. The molecule has 3 aromatic rings. The molecule has 0 saturated carbocycles. The first-order valence-electron chi connectivity index (χ1n) is 11.2. The monoisotopic (exact) mass is 474 g/mol. The summed E-state index contributed by atoms with van der Waals surface area (Å²) in [6.45, 7) is 2.43. The van der Waals surface area contributed by atoms with Gasteiger partial charge in [-0.05, 0) is 54.3 Å². The summed E-state index contributed by atoms with van der Waals surface area (Å²) in [6, 6.07) is 19.3. The summed E-state index contributed by atoms with van der Waals surface area (Å²) < 4.78 is 10.8. The van der Waals surface area contributed by atoms with Crippen molar-refractivity contribution in [3.8, 4) is 22.6 Å². The van der Waals surface area contributed by atoms with E-state index in [0.717, 1.165) is 22.3 Å². The molecule has 1 aliphatic heterocycles. The molecule has 0 spiro atoms. The molecule has 0 aliphatic carbocycles. The largest absolute Gasteiger partial charge is 0.481 e. The smallest absolute Gasteiger partial charge is 0.303 e. The van der Waals surface area contributed by atoms with Gasteiger partial charge in [0.05, 0.1) is 0 Å². The molecule has 1 atom stereocenters. The third-order valence-electron chi connectivity index (χ3n) is 5.67. The lowest BCUT2D eigenvalue weighted by atomic mass is 10.0. The fourth-order valence-corrected chi connectivity index (χ4v) is 3.80. The molecule has 0 saturated heterocycles. The molecule has 3 aromatic carbocycles. The molecule has 35 heavy (non-hydrogen) atoms. The third-order valence-corrected chi connectivity index (χ3v) is 5.67. The maximum Gasteiger partial charge on any atom is 0.303 e. The molecular formula is C27H26N2O6. The summed E-state index contributed by atoms with van der Waals surface area (Å²) in [7, 11) is 0. The van der Waals surface area contributed by atoms with Crippen LogP contribution in [0.25, 0.3) is 11.1 Å². The first kappa shape index (κ1) is 23.8. The lowest BCUT2D eigenvalue weighted by molar-refractivity contribution is -0.137. The molecule has 4 rings (SSSR count). The van der Waals surface area contributed by atoms with Crippen LogP contribution in [-0.2, 0) is 16.1 Å². The number of amides is 2. The predicted molar refractivity (Wildman–Crippen MR) is 129 cm³/mol. The number of carboxylic acid groups (broad SMARTS) is 1. The topological polar surface area (TPSA) is 114 Å². The zero-order chi connectivity index (χ0) is 24.8. The lowest BCUT2D eigenvalue weighted by Gasteiger charge is -2.18. The van der Waals surface area contributed by atoms with Crippen molar-refractivity contribution in [1.82, 2.24) is 10.6 Å². The van der Waals surface area contributed by atoms with Gasteiger partial charge in [-0.3, -0.25) is 14.4 Å². The summed E-state index contributed by atoms with van der Waals surface area (Å²) in [5, 5.41) is 14.5. The zero-order valence-corrected chi connectivity index (χ0v) is 19.2. The highest BCUT2D eigenvalue weighted by molar-refractivity contribution is 5.98. The average Bonchev–Trinajstić information content (AvgIpc) is 3.33. The van der Waals surface area contributed by atoms with Crippen molar-refractivity contribution in [1.29, 1.82) is 0 Å². The lowest BCUT2D eigenvalue weighted by Crippen LogP contribution is -2.46. The van der Waals surface area contributed by atoms with E-state index >= 15 is 0 Å². The number of aliphatic carboxylic acids is 1. The van der Waals surface area contributed by atoms with E-state index in [2.05, 4.69) is 10.6 Å². The number of benzene rings is 3. The Morgan fingerprint density at radius 3 is 2.43 bits per heavy atom. The minimum Gasteiger partial charge on any atom is -0.481 e. The van der Waals surface area contributed by atoms with E-state index < -0.39 is 23.8 Å². The molecule has 0 radical (unpaired) electrons. The summed E-state index contributed by atoms with van der Waals surface area (Å²) in [5.74, 6) is -0.565. The number of carbonyl (C=O) groups excluding carboxylic acids is 2. The first-order chi connectivity index (χ1) is 16.9. The molecule has 8 nitrogen and oxygen atoms in total. The molecule has 180 valence electrons. The van der Waals surface area contributed by atoms with E-state index in [1.165, 1.54) is 0 Å². The Bertz CT molecular complexity index is 1240. The minimum atomic E-state index is -1.04. The van der Waals surface area contributed by atoms with Gasteiger partial charge < -0.3 is 25.2 Å². The van der Waals surface area contributed by atoms with Crippen LogP contribution in [-0.4, -0.2) is 35.7 Å². The molecule has 1 aliphatic rings. The van der Waals surface area contributed by atoms with E-state index in [0.29, 0.717) is 17.1 Å². The number of fused-ring (bicyclic) bond motifs is 1. The van der Waals surface area contributed by atoms with Crippen molar-refractivity contribution in [3.63, 3.8) is 0 Å². The second-order valence-corrected chi connectivity index (χ2v) is 8.31. The number of carboxylic acids is 1. The second kappa shape index (κ2) is 10.7. The highest BCUT2D eigenvalue weighted by Crippen LogP contribution is 2.35. The summed E-state index contributed by atoms with van der Waals surface area (Å²) in [5.41, 5.74) is 4.15. The molecule has 0 fully saturated rings. The first-order valence-corrected chi connectivity index (χ1v) is 11.2. The molecular weight excluding hydrogens is 448 g/mol. The Labute approximate surface area is 202 Å². The van der Waals surface area contributed by atoms with Crippen molar-refractivity contribution in [3.05, 3.63) is 83.4 Å². The van der Waals surface area contributed by atoms with Gasteiger partial charge in [0.1, 0.15) is 6.04 Å². The number of carbonyl (C=O) groups is 3. The van der Waals surface area contributed by atoms with Gasteiger partial charge in [0.15, 0.2) is 11.5 Å². The van der Waals surface area contributed by atoms with Crippen LogP contribution >= 0.6 is 0 Å². The predicted octanol–water partition coefficient (Wildman–Crippen LogP) is 3.67. The highest BCUT2D eigenvalue weighted by Gasteiger charge is 2.22. The van der Waals surface area contributed by atoms with Crippen LogP contribution in [0.3, 0.4) is 0 Å². The molecule has 8 heteroatoms.